The molecule has 3 rings (SSSR count). The van der Waals surface area contributed by atoms with E-state index in [9.17, 15) is 14.4 Å². The highest BCUT2D eigenvalue weighted by atomic mass is 32.1. The van der Waals surface area contributed by atoms with Crippen LogP contribution >= 0.6 is 11.3 Å². The van der Waals surface area contributed by atoms with E-state index in [1.807, 2.05) is 30.3 Å². The van der Waals surface area contributed by atoms with Gasteiger partial charge in [-0.2, -0.15) is 0 Å². The normalized spacial score (nSPS) is 10.8. The molecule has 0 aliphatic carbocycles. The van der Waals surface area contributed by atoms with Crippen LogP contribution in [0.1, 0.15) is 6.92 Å². The topological polar surface area (TPSA) is 81.2 Å². The number of rotatable bonds is 4. The van der Waals surface area contributed by atoms with E-state index in [0.29, 0.717) is 10.2 Å². The van der Waals surface area contributed by atoms with Crippen molar-refractivity contribution >= 4 is 27.5 Å². The van der Waals surface area contributed by atoms with E-state index < -0.39 is 23.8 Å². The Kier molecular flexibility index (Phi) is 4.12. The molecule has 2 heterocycles. The number of thiophene rings is 1. The number of carbonyl (C=O) groups excluding carboxylic acids is 1. The van der Waals surface area contributed by atoms with E-state index in [4.69, 9.17) is 4.74 Å². The molecule has 0 saturated heterocycles. The Morgan fingerprint density at radius 2 is 2.00 bits per heavy atom. The summed E-state index contributed by atoms with van der Waals surface area (Å²) in [5.41, 5.74) is -0.141. The van der Waals surface area contributed by atoms with Gasteiger partial charge in [-0.1, -0.05) is 30.3 Å². The number of H-pyrrole nitrogens is 1. The summed E-state index contributed by atoms with van der Waals surface area (Å²) in [6, 6.07) is 11.3. The number of benzene rings is 1. The maximum absolute atomic E-state index is 12.5. The number of esters is 1. The van der Waals surface area contributed by atoms with Crippen LogP contribution < -0.4 is 11.2 Å². The highest BCUT2D eigenvalue weighted by molar-refractivity contribution is 7.21. The molecule has 0 radical (unpaired) electrons. The molecule has 118 valence electrons. The molecule has 0 atom stereocenters. The van der Waals surface area contributed by atoms with Crippen LogP contribution in [0, 0.1) is 0 Å². The second-order valence-electron chi connectivity index (χ2n) is 4.85. The molecule has 3 aromatic rings. The maximum Gasteiger partial charge on any atom is 0.329 e. The van der Waals surface area contributed by atoms with Crippen LogP contribution in [0.4, 0.5) is 0 Å². The monoisotopic (exact) mass is 330 g/mol. The Hall–Kier alpha value is -2.67. The number of aromatic nitrogens is 2. The molecular formula is C16H14N2O4S. The summed E-state index contributed by atoms with van der Waals surface area (Å²) in [6.07, 6.45) is 0. The molecule has 7 heteroatoms. The van der Waals surface area contributed by atoms with E-state index >= 15 is 0 Å². The van der Waals surface area contributed by atoms with Crippen molar-refractivity contribution in [3.63, 3.8) is 0 Å². The first-order chi connectivity index (χ1) is 11.1. The van der Waals surface area contributed by atoms with Gasteiger partial charge < -0.3 is 4.74 Å². The van der Waals surface area contributed by atoms with Crippen molar-refractivity contribution in [1.82, 2.24) is 9.55 Å². The number of hydrogen-bond donors (Lipinski definition) is 1. The van der Waals surface area contributed by atoms with Crippen LogP contribution in [0.15, 0.2) is 46.0 Å². The van der Waals surface area contributed by atoms with Crippen LogP contribution in [0.2, 0.25) is 0 Å². The van der Waals surface area contributed by atoms with Gasteiger partial charge in [0.15, 0.2) is 0 Å². The molecule has 0 amide bonds. The predicted molar refractivity (Wildman–Crippen MR) is 88.8 cm³/mol. The van der Waals surface area contributed by atoms with Crippen molar-refractivity contribution in [3.05, 3.63) is 57.2 Å². The first-order valence-electron chi connectivity index (χ1n) is 7.08. The third kappa shape index (κ3) is 2.95. The highest BCUT2D eigenvalue weighted by Gasteiger charge is 2.14. The molecule has 1 N–H and O–H groups in total. The van der Waals surface area contributed by atoms with Gasteiger partial charge in [-0.25, -0.2) is 9.36 Å². The fourth-order valence-corrected chi connectivity index (χ4v) is 3.31. The van der Waals surface area contributed by atoms with Gasteiger partial charge in [-0.05, 0) is 18.6 Å². The van der Waals surface area contributed by atoms with Crippen LogP contribution in [-0.2, 0) is 16.1 Å². The fourth-order valence-electron chi connectivity index (χ4n) is 2.27. The van der Waals surface area contributed by atoms with Crippen LogP contribution in [0.5, 0.6) is 0 Å². The number of aromatic amines is 1. The zero-order valence-electron chi connectivity index (χ0n) is 12.4. The summed E-state index contributed by atoms with van der Waals surface area (Å²) in [6.45, 7) is 1.47. The summed E-state index contributed by atoms with van der Waals surface area (Å²) in [5.74, 6) is -0.613. The smallest absolute Gasteiger partial charge is 0.329 e. The second kappa shape index (κ2) is 6.21. The summed E-state index contributed by atoms with van der Waals surface area (Å²) < 4.78 is 5.66. The van der Waals surface area contributed by atoms with Gasteiger partial charge in [0.25, 0.3) is 5.56 Å². The lowest BCUT2D eigenvalue weighted by molar-refractivity contribution is -0.143. The van der Waals surface area contributed by atoms with Crippen molar-refractivity contribution in [2.75, 3.05) is 6.61 Å². The minimum atomic E-state index is -0.614. The van der Waals surface area contributed by atoms with E-state index in [0.717, 1.165) is 15.0 Å². The van der Waals surface area contributed by atoms with Gasteiger partial charge in [0.1, 0.15) is 11.4 Å². The van der Waals surface area contributed by atoms with Crippen LogP contribution in [0.25, 0.3) is 20.7 Å². The lowest BCUT2D eigenvalue weighted by atomic mass is 10.2. The lowest BCUT2D eigenvalue weighted by Gasteiger charge is -2.04. The molecule has 0 unspecified atom stereocenters. The number of nitrogens with zero attached hydrogens (tertiary/aromatic N) is 1. The molecule has 0 saturated carbocycles. The summed E-state index contributed by atoms with van der Waals surface area (Å²) >= 11 is 1.33. The largest absolute Gasteiger partial charge is 0.465 e. The first kappa shape index (κ1) is 15.2. The number of nitrogens with one attached hydrogen (secondary N) is 1. The van der Waals surface area contributed by atoms with E-state index in [2.05, 4.69) is 4.98 Å². The third-order valence-electron chi connectivity index (χ3n) is 3.32. The van der Waals surface area contributed by atoms with Gasteiger partial charge in [0.2, 0.25) is 0 Å². The molecule has 6 nitrogen and oxygen atoms in total. The number of fused-ring (bicyclic) bond motifs is 1. The van der Waals surface area contributed by atoms with Gasteiger partial charge in [-0.15, -0.1) is 11.3 Å². The SMILES string of the molecule is CCOC(=O)Cn1c(=O)[nH]c2sc(-c3ccccc3)cc2c1=O. The fraction of sp³-hybridized carbons (Fsp3) is 0.188. The summed E-state index contributed by atoms with van der Waals surface area (Å²) in [5, 5.41) is 0.387. The minimum Gasteiger partial charge on any atom is -0.465 e. The lowest BCUT2D eigenvalue weighted by Crippen LogP contribution is -2.37. The van der Waals surface area contributed by atoms with E-state index in [-0.39, 0.29) is 6.61 Å². The molecule has 1 aromatic carbocycles. The first-order valence-corrected chi connectivity index (χ1v) is 7.89. The molecular weight excluding hydrogens is 316 g/mol. The van der Waals surface area contributed by atoms with Crippen molar-refractivity contribution < 1.29 is 9.53 Å². The number of carbonyl (C=O) groups is 1. The van der Waals surface area contributed by atoms with Crippen molar-refractivity contribution in [1.29, 1.82) is 0 Å². The molecule has 0 fully saturated rings. The molecule has 23 heavy (non-hydrogen) atoms. The Balaban J connectivity index is 2.10. The quantitative estimate of drug-likeness (QED) is 0.742. The Bertz CT molecular complexity index is 969. The van der Waals surface area contributed by atoms with Gasteiger partial charge in [-0.3, -0.25) is 14.6 Å². The zero-order valence-corrected chi connectivity index (χ0v) is 13.2. The number of hydrogen-bond acceptors (Lipinski definition) is 5. The van der Waals surface area contributed by atoms with Crippen molar-refractivity contribution in [2.24, 2.45) is 0 Å². The van der Waals surface area contributed by atoms with Gasteiger partial charge in [0.05, 0.1) is 12.0 Å². The molecule has 2 aromatic heterocycles. The van der Waals surface area contributed by atoms with E-state index in [1.165, 1.54) is 11.3 Å². The van der Waals surface area contributed by atoms with Crippen LogP contribution in [0.3, 0.4) is 0 Å². The highest BCUT2D eigenvalue weighted by Crippen LogP contribution is 2.30. The van der Waals surface area contributed by atoms with Crippen LogP contribution in [-0.4, -0.2) is 22.1 Å². The van der Waals surface area contributed by atoms with Gasteiger partial charge >= 0.3 is 11.7 Å². The summed E-state index contributed by atoms with van der Waals surface area (Å²) in [4.78, 5) is 40.1. The average Bonchev–Trinajstić information content (AvgIpc) is 2.97. The second-order valence-corrected chi connectivity index (χ2v) is 5.90. The molecule has 0 spiro atoms. The molecule has 0 aliphatic heterocycles. The van der Waals surface area contributed by atoms with Crippen molar-refractivity contribution in [3.8, 4) is 10.4 Å². The molecule has 0 aliphatic rings. The van der Waals surface area contributed by atoms with Gasteiger partial charge in [0, 0.05) is 4.88 Å². The Labute approximate surface area is 135 Å². The summed E-state index contributed by atoms with van der Waals surface area (Å²) in [7, 11) is 0. The Morgan fingerprint density at radius 3 is 2.70 bits per heavy atom. The Morgan fingerprint density at radius 1 is 1.26 bits per heavy atom. The van der Waals surface area contributed by atoms with E-state index in [1.54, 1.807) is 13.0 Å². The molecule has 0 bridgehead atoms. The average molecular weight is 330 g/mol. The minimum absolute atomic E-state index is 0.199. The maximum atomic E-state index is 12.5. The zero-order chi connectivity index (χ0) is 16.4. The standard InChI is InChI=1S/C16H14N2O4S/c1-2-22-13(19)9-18-15(20)11-8-12(10-6-4-3-5-7-10)23-14(11)17-16(18)21/h3-8H,2,9H2,1H3,(H,17,21). The number of ether oxygens (including phenoxy) is 1. The third-order valence-corrected chi connectivity index (χ3v) is 4.42. The van der Waals surface area contributed by atoms with Crippen molar-refractivity contribution in [2.45, 2.75) is 13.5 Å². The predicted octanol–water partition coefficient (Wildman–Crippen LogP) is 1.98.